The van der Waals surface area contributed by atoms with Crippen molar-refractivity contribution in [3.8, 4) is 6.07 Å². The molecule has 0 radical (unpaired) electrons. The summed E-state index contributed by atoms with van der Waals surface area (Å²) in [6, 6.07) is 18.8. The summed E-state index contributed by atoms with van der Waals surface area (Å²) in [5, 5.41) is 13.7. The molecule has 0 saturated carbocycles. The number of halogens is 2. The van der Waals surface area contributed by atoms with Crippen molar-refractivity contribution in [1.82, 2.24) is 0 Å². The fraction of sp³-hybridized carbons (Fsp3) is 0.250. The lowest BCUT2D eigenvalue weighted by Gasteiger charge is -2.20. The smallest absolute Gasteiger partial charge is 0.229 e. The number of rotatable bonds is 5. The number of benzene rings is 3. The Labute approximate surface area is 215 Å². The van der Waals surface area contributed by atoms with Crippen LogP contribution in [-0.2, 0) is 9.59 Å². The molecule has 1 N–H and O–H groups in total. The molecule has 0 aromatic heterocycles. The van der Waals surface area contributed by atoms with Crippen molar-refractivity contribution in [3.63, 3.8) is 0 Å². The second-order valence-corrected chi connectivity index (χ2v) is 9.83. The fourth-order valence-electron chi connectivity index (χ4n) is 4.40. The van der Waals surface area contributed by atoms with Crippen LogP contribution < -0.4 is 10.2 Å². The van der Waals surface area contributed by atoms with Crippen LogP contribution in [0.15, 0.2) is 54.6 Å². The van der Waals surface area contributed by atoms with Gasteiger partial charge in [0.15, 0.2) is 0 Å². The zero-order valence-electron chi connectivity index (χ0n) is 19.7. The minimum atomic E-state index is -0.568. The zero-order valence-corrected chi connectivity index (χ0v) is 21.2. The molecule has 0 spiro atoms. The fourth-order valence-corrected chi connectivity index (χ4v) is 4.80. The molecule has 0 aliphatic carbocycles. The second kappa shape index (κ2) is 10.1. The van der Waals surface area contributed by atoms with E-state index in [4.69, 9.17) is 23.2 Å². The molecule has 3 aromatic rings. The zero-order chi connectivity index (χ0) is 25.3. The first-order valence-corrected chi connectivity index (χ1v) is 12.1. The monoisotopic (exact) mass is 505 g/mol. The van der Waals surface area contributed by atoms with Gasteiger partial charge in [-0.3, -0.25) is 9.59 Å². The van der Waals surface area contributed by atoms with Gasteiger partial charge < -0.3 is 10.2 Å². The van der Waals surface area contributed by atoms with Crippen LogP contribution in [0, 0.1) is 38.0 Å². The van der Waals surface area contributed by atoms with Gasteiger partial charge in [0.1, 0.15) is 0 Å². The van der Waals surface area contributed by atoms with E-state index in [9.17, 15) is 14.9 Å². The number of anilines is 2. The molecule has 2 atom stereocenters. The van der Waals surface area contributed by atoms with Gasteiger partial charge in [-0.05, 0) is 72.9 Å². The maximum Gasteiger partial charge on any atom is 0.229 e. The first kappa shape index (κ1) is 24.8. The van der Waals surface area contributed by atoms with Crippen LogP contribution in [0.3, 0.4) is 0 Å². The first-order valence-electron chi connectivity index (χ1n) is 11.3. The Kier molecular flexibility index (Phi) is 7.16. The van der Waals surface area contributed by atoms with Crippen LogP contribution >= 0.6 is 23.2 Å². The predicted molar refractivity (Wildman–Crippen MR) is 140 cm³/mol. The van der Waals surface area contributed by atoms with Gasteiger partial charge in [-0.15, -0.1) is 0 Å². The van der Waals surface area contributed by atoms with E-state index in [1.54, 1.807) is 35.2 Å². The van der Waals surface area contributed by atoms with Gasteiger partial charge in [-0.25, -0.2) is 0 Å². The van der Waals surface area contributed by atoms with E-state index in [0.29, 0.717) is 27.8 Å². The molecular formula is C28H25Cl2N3O2. The molecule has 1 aliphatic rings. The Morgan fingerprint density at radius 3 is 2.46 bits per heavy atom. The van der Waals surface area contributed by atoms with Crippen LogP contribution in [0.5, 0.6) is 0 Å². The number of nitriles is 1. The number of nitrogens with one attached hydrogen (secondary N) is 1. The van der Waals surface area contributed by atoms with Gasteiger partial charge in [0, 0.05) is 34.4 Å². The Morgan fingerprint density at radius 1 is 1.06 bits per heavy atom. The van der Waals surface area contributed by atoms with E-state index < -0.39 is 11.8 Å². The van der Waals surface area contributed by atoms with Crippen molar-refractivity contribution >= 4 is 46.4 Å². The van der Waals surface area contributed by atoms with Gasteiger partial charge in [0.25, 0.3) is 0 Å². The van der Waals surface area contributed by atoms with Crippen LogP contribution in [0.25, 0.3) is 0 Å². The highest BCUT2D eigenvalue weighted by molar-refractivity contribution is 6.32. The third-order valence-electron chi connectivity index (χ3n) is 6.40. The van der Waals surface area contributed by atoms with Gasteiger partial charge in [-0.1, -0.05) is 53.5 Å². The summed E-state index contributed by atoms with van der Waals surface area (Å²) in [4.78, 5) is 27.5. The van der Waals surface area contributed by atoms with Gasteiger partial charge >= 0.3 is 0 Å². The average molecular weight is 506 g/mol. The quantitative estimate of drug-likeness (QED) is 0.426. The van der Waals surface area contributed by atoms with E-state index in [-0.39, 0.29) is 18.2 Å². The number of hydrogen-bond donors (Lipinski definition) is 1. The topological polar surface area (TPSA) is 73.2 Å². The number of carbonyl (C=O) groups is 2. The predicted octanol–water partition coefficient (Wildman–Crippen LogP) is 6.57. The summed E-state index contributed by atoms with van der Waals surface area (Å²) < 4.78 is 0. The number of nitrogens with zero attached hydrogens (tertiary/aromatic N) is 2. The van der Waals surface area contributed by atoms with Crippen molar-refractivity contribution in [2.45, 2.75) is 33.1 Å². The molecule has 35 heavy (non-hydrogen) atoms. The Hall–Kier alpha value is -3.33. The molecule has 2 unspecified atom stereocenters. The largest absolute Gasteiger partial charge is 0.325 e. The van der Waals surface area contributed by atoms with Crippen molar-refractivity contribution in [2.75, 3.05) is 16.8 Å². The first-order chi connectivity index (χ1) is 16.7. The molecule has 7 heteroatoms. The molecule has 1 fully saturated rings. The average Bonchev–Trinajstić information content (AvgIpc) is 3.21. The third kappa shape index (κ3) is 5.19. The number of amides is 2. The van der Waals surface area contributed by atoms with Crippen molar-refractivity contribution < 1.29 is 9.59 Å². The van der Waals surface area contributed by atoms with E-state index >= 15 is 0 Å². The lowest BCUT2D eigenvalue weighted by Crippen LogP contribution is -2.28. The Balaban J connectivity index is 1.53. The molecule has 5 nitrogen and oxygen atoms in total. The number of aryl methyl sites for hydroxylation is 3. The highest BCUT2D eigenvalue weighted by Crippen LogP contribution is 2.35. The minimum absolute atomic E-state index is 0.0659. The normalized spacial score (nSPS) is 16.2. The summed E-state index contributed by atoms with van der Waals surface area (Å²) in [7, 11) is 0. The van der Waals surface area contributed by atoms with E-state index in [1.165, 1.54) is 0 Å². The standard InChI is InChI=1S/C28H25Cl2N3O2/c1-16-4-5-17(2)26(10-16)33-15-20(12-27(33)34)28(35)32-25-13-24(30)22(11-18(25)3)23(14-31)19-6-8-21(29)9-7-19/h4-11,13,20,23H,12,15H2,1-3H3,(H,32,35). The molecule has 4 rings (SSSR count). The summed E-state index contributed by atoms with van der Waals surface area (Å²) >= 11 is 12.5. The van der Waals surface area contributed by atoms with Gasteiger partial charge in [0.2, 0.25) is 11.8 Å². The SMILES string of the molecule is Cc1ccc(C)c(N2CC(C(=O)Nc3cc(Cl)c(C(C#N)c4ccc(Cl)cc4)cc3C)CC2=O)c1. The van der Waals surface area contributed by atoms with E-state index in [1.807, 2.05) is 45.0 Å². The van der Waals surface area contributed by atoms with Crippen molar-refractivity contribution in [2.24, 2.45) is 5.92 Å². The Bertz CT molecular complexity index is 1350. The maximum absolute atomic E-state index is 13.1. The van der Waals surface area contributed by atoms with Crippen molar-refractivity contribution in [1.29, 1.82) is 5.26 Å². The van der Waals surface area contributed by atoms with Crippen LogP contribution in [0.2, 0.25) is 10.0 Å². The molecule has 2 amide bonds. The molecular weight excluding hydrogens is 481 g/mol. The lowest BCUT2D eigenvalue weighted by atomic mass is 9.91. The molecule has 178 valence electrons. The molecule has 3 aromatic carbocycles. The third-order valence-corrected chi connectivity index (χ3v) is 6.98. The molecule has 0 bridgehead atoms. The lowest BCUT2D eigenvalue weighted by molar-refractivity contribution is -0.122. The Morgan fingerprint density at radius 2 is 1.77 bits per heavy atom. The number of hydrogen-bond acceptors (Lipinski definition) is 3. The van der Waals surface area contributed by atoms with Gasteiger partial charge in [-0.2, -0.15) is 5.26 Å². The number of carbonyl (C=O) groups excluding carboxylic acids is 2. The van der Waals surface area contributed by atoms with Crippen LogP contribution in [0.1, 0.15) is 40.2 Å². The van der Waals surface area contributed by atoms with Crippen LogP contribution in [0.4, 0.5) is 11.4 Å². The summed E-state index contributed by atoms with van der Waals surface area (Å²) in [5.74, 6) is -1.33. The van der Waals surface area contributed by atoms with E-state index in [0.717, 1.165) is 27.9 Å². The second-order valence-electron chi connectivity index (χ2n) is 8.99. The summed E-state index contributed by atoms with van der Waals surface area (Å²) in [5.41, 5.74) is 5.69. The van der Waals surface area contributed by atoms with Crippen LogP contribution in [-0.4, -0.2) is 18.4 Å². The molecule has 1 heterocycles. The molecule has 1 aliphatic heterocycles. The van der Waals surface area contributed by atoms with Crippen molar-refractivity contribution in [3.05, 3.63) is 92.5 Å². The highest BCUT2D eigenvalue weighted by Gasteiger charge is 2.36. The summed E-state index contributed by atoms with van der Waals surface area (Å²) in [6.07, 6.45) is 0.150. The minimum Gasteiger partial charge on any atom is -0.325 e. The molecule has 1 saturated heterocycles. The van der Waals surface area contributed by atoms with Gasteiger partial charge in [0.05, 0.1) is 17.9 Å². The maximum atomic E-state index is 13.1. The summed E-state index contributed by atoms with van der Waals surface area (Å²) in [6.45, 7) is 6.12. The highest BCUT2D eigenvalue weighted by atomic mass is 35.5. The van der Waals surface area contributed by atoms with E-state index in [2.05, 4.69) is 11.4 Å².